The molecule has 5 nitrogen and oxygen atoms in total. The van der Waals surface area contributed by atoms with Crippen LogP contribution in [0.4, 0.5) is 32.0 Å². The number of rotatable bonds is 3. The summed E-state index contributed by atoms with van der Waals surface area (Å²) in [5.41, 5.74) is -1.49. The van der Waals surface area contributed by atoms with Gasteiger partial charge in [0.15, 0.2) is 11.5 Å². The molecule has 0 aliphatic heterocycles. The van der Waals surface area contributed by atoms with Crippen molar-refractivity contribution in [2.24, 2.45) is 0 Å². The number of carbonyl (C=O) groups excluding carboxylic acids is 1. The number of amides is 1. The number of alkyl halides is 6. The van der Waals surface area contributed by atoms with Crippen molar-refractivity contribution in [3.05, 3.63) is 70.7 Å². The van der Waals surface area contributed by atoms with Crippen LogP contribution in [-0.2, 0) is 12.4 Å². The topological polar surface area (TPSA) is 59.8 Å². The van der Waals surface area contributed by atoms with E-state index in [1.54, 1.807) is 25.1 Å². The number of hydrogen-bond acceptors (Lipinski definition) is 3. The molecule has 0 atom stereocenters. The molecule has 0 aliphatic rings. The molecule has 0 radical (unpaired) electrons. The summed E-state index contributed by atoms with van der Waals surface area (Å²) in [5, 5.41) is 5.93. The van der Waals surface area contributed by atoms with Crippen molar-refractivity contribution < 1.29 is 31.1 Å². The molecule has 0 aliphatic carbocycles. The van der Waals surface area contributed by atoms with Crippen LogP contribution >= 0.6 is 0 Å². The fourth-order valence-corrected chi connectivity index (χ4v) is 2.78. The third-order valence-electron chi connectivity index (χ3n) is 4.20. The van der Waals surface area contributed by atoms with Crippen molar-refractivity contribution in [1.82, 2.24) is 14.8 Å². The Morgan fingerprint density at radius 3 is 2.20 bits per heavy atom. The Kier molecular flexibility index (Phi) is 5.31. The van der Waals surface area contributed by atoms with Crippen LogP contribution in [0.25, 0.3) is 5.82 Å². The Morgan fingerprint density at radius 2 is 1.67 bits per heavy atom. The van der Waals surface area contributed by atoms with Gasteiger partial charge in [-0.15, -0.1) is 0 Å². The Morgan fingerprint density at radius 1 is 0.967 bits per heavy atom. The summed E-state index contributed by atoms with van der Waals surface area (Å²) >= 11 is 0. The molecule has 0 spiro atoms. The highest BCUT2D eigenvalue weighted by Crippen LogP contribution is 2.34. The Hall–Kier alpha value is -3.37. The maximum atomic E-state index is 13.7. The summed E-state index contributed by atoms with van der Waals surface area (Å²) in [5.74, 6) is -1.58. The molecule has 3 aromatic rings. The fraction of sp³-hybridized carbons (Fsp3) is 0.211. The number of pyridine rings is 1. The molecular weight excluding hydrogens is 414 g/mol. The van der Waals surface area contributed by atoms with Gasteiger partial charge in [0.1, 0.15) is 0 Å². The van der Waals surface area contributed by atoms with Gasteiger partial charge in [0.05, 0.1) is 17.3 Å². The van der Waals surface area contributed by atoms with Gasteiger partial charge in [-0.3, -0.25) is 4.79 Å². The highest BCUT2D eigenvalue weighted by molar-refractivity contribution is 6.05. The zero-order valence-corrected chi connectivity index (χ0v) is 15.6. The Balaban J connectivity index is 2.01. The van der Waals surface area contributed by atoms with E-state index in [-0.39, 0.29) is 4.68 Å². The lowest BCUT2D eigenvalue weighted by atomic mass is 10.1. The molecule has 3 rings (SSSR count). The molecule has 0 saturated heterocycles. The molecule has 0 bridgehead atoms. The van der Waals surface area contributed by atoms with Gasteiger partial charge in [0, 0.05) is 11.9 Å². The van der Waals surface area contributed by atoms with Crippen LogP contribution in [0.5, 0.6) is 0 Å². The summed E-state index contributed by atoms with van der Waals surface area (Å²) < 4.78 is 79.3. The van der Waals surface area contributed by atoms with Crippen LogP contribution in [0.1, 0.15) is 32.7 Å². The second-order valence-corrected chi connectivity index (χ2v) is 6.49. The smallest absolute Gasteiger partial charge is 0.322 e. The summed E-state index contributed by atoms with van der Waals surface area (Å²) in [6, 6.07) is 6.31. The van der Waals surface area contributed by atoms with Gasteiger partial charge in [0.25, 0.3) is 5.91 Å². The van der Waals surface area contributed by atoms with E-state index >= 15 is 0 Å². The molecule has 0 fully saturated rings. The molecular formula is C19H14F6N4O. The molecule has 2 aromatic heterocycles. The van der Waals surface area contributed by atoms with E-state index in [0.717, 1.165) is 11.6 Å². The number of benzene rings is 1. The number of nitrogens with zero attached hydrogens (tertiary/aromatic N) is 3. The SMILES string of the molecule is Cc1ccc(NC(=O)c2cnn(-c3ccc(C(F)(F)F)cn3)c2C(F)(F)F)c(C)c1. The molecule has 1 N–H and O–H groups in total. The lowest BCUT2D eigenvalue weighted by Gasteiger charge is -2.14. The van der Waals surface area contributed by atoms with Crippen LogP contribution in [0.2, 0.25) is 0 Å². The average Bonchev–Trinajstić information content (AvgIpc) is 3.09. The quantitative estimate of drug-likeness (QED) is 0.586. The van der Waals surface area contributed by atoms with Gasteiger partial charge < -0.3 is 5.32 Å². The lowest BCUT2D eigenvalue weighted by molar-refractivity contribution is -0.143. The van der Waals surface area contributed by atoms with Crippen LogP contribution in [0.3, 0.4) is 0 Å². The van der Waals surface area contributed by atoms with Crippen molar-refractivity contribution >= 4 is 11.6 Å². The largest absolute Gasteiger partial charge is 0.434 e. The van der Waals surface area contributed by atoms with Crippen molar-refractivity contribution in [1.29, 1.82) is 0 Å². The second kappa shape index (κ2) is 7.47. The van der Waals surface area contributed by atoms with E-state index in [1.807, 2.05) is 6.92 Å². The minimum atomic E-state index is -5.02. The van der Waals surface area contributed by atoms with E-state index in [4.69, 9.17) is 0 Å². The molecule has 0 saturated carbocycles. The second-order valence-electron chi connectivity index (χ2n) is 6.49. The predicted molar refractivity (Wildman–Crippen MR) is 95.2 cm³/mol. The van der Waals surface area contributed by atoms with Gasteiger partial charge in [-0.1, -0.05) is 17.7 Å². The van der Waals surface area contributed by atoms with Gasteiger partial charge >= 0.3 is 12.4 Å². The summed E-state index contributed by atoms with van der Waals surface area (Å²) in [4.78, 5) is 15.9. The van der Waals surface area contributed by atoms with E-state index in [9.17, 15) is 31.1 Å². The van der Waals surface area contributed by atoms with Crippen LogP contribution < -0.4 is 5.32 Å². The minimum Gasteiger partial charge on any atom is -0.322 e. The molecule has 11 heteroatoms. The van der Waals surface area contributed by atoms with Gasteiger partial charge in [-0.2, -0.15) is 31.4 Å². The third kappa shape index (κ3) is 4.29. The molecule has 158 valence electrons. The van der Waals surface area contributed by atoms with Crippen LogP contribution in [-0.4, -0.2) is 20.7 Å². The number of halogens is 6. The van der Waals surface area contributed by atoms with E-state index < -0.39 is 40.9 Å². The summed E-state index contributed by atoms with van der Waals surface area (Å²) in [7, 11) is 0. The van der Waals surface area contributed by atoms with E-state index in [2.05, 4.69) is 15.4 Å². The number of carbonyl (C=O) groups is 1. The fourth-order valence-electron chi connectivity index (χ4n) is 2.78. The minimum absolute atomic E-state index is 0.289. The zero-order valence-electron chi connectivity index (χ0n) is 15.6. The third-order valence-corrected chi connectivity index (χ3v) is 4.20. The van der Waals surface area contributed by atoms with E-state index in [1.165, 1.54) is 0 Å². The monoisotopic (exact) mass is 428 g/mol. The first-order chi connectivity index (χ1) is 13.9. The average molecular weight is 428 g/mol. The maximum absolute atomic E-state index is 13.7. The van der Waals surface area contributed by atoms with Crippen LogP contribution in [0.15, 0.2) is 42.7 Å². The molecule has 1 amide bonds. The lowest BCUT2D eigenvalue weighted by Crippen LogP contribution is -2.21. The van der Waals surface area contributed by atoms with Crippen molar-refractivity contribution in [2.45, 2.75) is 26.2 Å². The molecule has 30 heavy (non-hydrogen) atoms. The van der Waals surface area contributed by atoms with E-state index in [0.29, 0.717) is 29.7 Å². The highest BCUT2D eigenvalue weighted by Gasteiger charge is 2.41. The number of aryl methyl sites for hydroxylation is 2. The van der Waals surface area contributed by atoms with Crippen molar-refractivity contribution in [3.63, 3.8) is 0 Å². The van der Waals surface area contributed by atoms with Gasteiger partial charge in [0.2, 0.25) is 0 Å². The molecule has 1 aromatic carbocycles. The Labute approximate surface area is 166 Å². The highest BCUT2D eigenvalue weighted by atomic mass is 19.4. The predicted octanol–water partition coefficient (Wildman–Crippen LogP) is 5.17. The summed E-state index contributed by atoms with van der Waals surface area (Å²) in [6.07, 6.45) is -8.62. The first-order valence-corrected chi connectivity index (χ1v) is 8.45. The normalized spacial score (nSPS) is 12.1. The van der Waals surface area contributed by atoms with Crippen molar-refractivity contribution in [2.75, 3.05) is 5.32 Å². The number of nitrogens with one attached hydrogen (secondary N) is 1. The number of hydrogen-bond donors (Lipinski definition) is 1. The van der Waals surface area contributed by atoms with Crippen molar-refractivity contribution in [3.8, 4) is 5.82 Å². The zero-order chi connectivity index (χ0) is 22.3. The number of aromatic nitrogens is 3. The maximum Gasteiger partial charge on any atom is 0.434 e. The molecule has 0 unspecified atom stereocenters. The van der Waals surface area contributed by atoms with Gasteiger partial charge in [-0.05, 0) is 37.6 Å². The first-order valence-electron chi connectivity index (χ1n) is 8.45. The standard InChI is InChI=1S/C19H14F6N4O/c1-10-3-5-14(11(2)7-10)28-17(30)13-9-27-29(16(13)19(23,24)25)15-6-4-12(8-26-15)18(20,21)22/h3-9H,1-2H3,(H,28,30). The number of anilines is 1. The van der Waals surface area contributed by atoms with Gasteiger partial charge in [-0.25, -0.2) is 9.67 Å². The Bertz CT molecular complexity index is 1080. The molecule has 2 heterocycles. The van der Waals surface area contributed by atoms with Crippen LogP contribution in [0, 0.1) is 13.8 Å². The summed E-state index contributed by atoms with van der Waals surface area (Å²) in [6.45, 7) is 3.50. The first kappa shape index (κ1) is 21.3.